The molecular formula is C15H13NO4. The molecule has 2 heterocycles. The SMILES string of the molecule is O=C(O)c1cccc2c1CCN(C(=O)c1ccco1)C2. The molecule has 1 aromatic carbocycles. The first-order valence-corrected chi connectivity index (χ1v) is 6.33. The summed E-state index contributed by atoms with van der Waals surface area (Å²) in [5.41, 5.74) is 2.03. The zero-order chi connectivity index (χ0) is 14.1. The van der Waals surface area contributed by atoms with Crippen LogP contribution in [0.3, 0.4) is 0 Å². The number of carboxylic acids is 1. The minimum absolute atomic E-state index is 0.165. The molecule has 5 nitrogen and oxygen atoms in total. The van der Waals surface area contributed by atoms with Gasteiger partial charge < -0.3 is 14.4 Å². The molecule has 1 aliphatic heterocycles. The maximum atomic E-state index is 12.2. The van der Waals surface area contributed by atoms with E-state index in [4.69, 9.17) is 4.42 Å². The van der Waals surface area contributed by atoms with Crippen LogP contribution in [0.15, 0.2) is 41.0 Å². The smallest absolute Gasteiger partial charge is 0.335 e. The summed E-state index contributed by atoms with van der Waals surface area (Å²) in [6, 6.07) is 8.48. The number of carboxylic acid groups (broad SMARTS) is 1. The van der Waals surface area contributed by atoms with E-state index in [1.807, 2.05) is 6.07 Å². The van der Waals surface area contributed by atoms with Gasteiger partial charge in [0.15, 0.2) is 5.76 Å². The van der Waals surface area contributed by atoms with Crippen molar-refractivity contribution in [2.45, 2.75) is 13.0 Å². The second kappa shape index (κ2) is 4.85. The third-order valence-electron chi connectivity index (χ3n) is 3.52. The van der Waals surface area contributed by atoms with E-state index in [1.165, 1.54) is 6.26 Å². The molecule has 0 fully saturated rings. The summed E-state index contributed by atoms with van der Waals surface area (Å²) in [7, 11) is 0. The van der Waals surface area contributed by atoms with E-state index in [0.29, 0.717) is 30.8 Å². The Morgan fingerprint density at radius 1 is 1.20 bits per heavy atom. The molecule has 0 saturated carbocycles. The number of fused-ring (bicyclic) bond motifs is 1. The zero-order valence-electron chi connectivity index (χ0n) is 10.7. The summed E-state index contributed by atoms with van der Waals surface area (Å²) in [5, 5.41) is 9.17. The molecule has 0 spiro atoms. The fourth-order valence-corrected chi connectivity index (χ4v) is 2.54. The first kappa shape index (κ1) is 12.5. The molecule has 0 saturated heterocycles. The number of benzene rings is 1. The molecule has 0 unspecified atom stereocenters. The Bertz CT molecular complexity index is 661. The lowest BCUT2D eigenvalue weighted by Crippen LogP contribution is -2.36. The van der Waals surface area contributed by atoms with Gasteiger partial charge in [0, 0.05) is 13.1 Å². The van der Waals surface area contributed by atoms with Gasteiger partial charge in [-0.3, -0.25) is 4.79 Å². The van der Waals surface area contributed by atoms with E-state index in [9.17, 15) is 14.7 Å². The summed E-state index contributed by atoms with van der Waals surface area (Å²) in [6.45, 7) is 0.910. The van der Waals surface area contributed by atoms with Crippen LogP contribution in [0.2, 0.25) is 0 Å². The summed E-state index contributed by atoms with van der Waals surface area (Å²) >= 11 is 0. The predicted octanol–water partition coefficient (Wildman–Crippen LogP) is 2.18. The Morgan fingerprint density at radius 3 is 2.75 bits per heavy atom. The molecule has 2 aromatic rings. The van der Waals surface area contributed by atoms with E-state index in [-0.39, 0.29) is 5.91 Å². The molecule has 1 aromatic heterocycles. The van der Waals surface area contributed by atoms with Crippen molar-refractivity contribution in [1.82, 2.24) is 4.90 Å². The van der Waals surface area contributed by atoms with Gasteiger partial charge >= 0.3 is 5.97 Å². The minimum Gasteiger partial charge on any atom is -0.478 e. The quantitative estimate of drug-likeness (QED) is 0.908. The van der Waals surface area contributed by atoms with Crippen molar-refractivity contribution in [2.75, 3.05) is 6.54 Å². The van der Waals surface area contributed by atoms with Crippen LogP contribution >= 0.6 is 0 Å². The van der Waals surface area contributed by atoms with Crippen molar-refractivity contribution in [3.8, 4) is 0 Å². The van der Waals surface area contributed by atoms with Crippen molar-refractivity contribution in [2.24, 2.45) is 0 Å². The number of amides is 1. The van der Waals surface area contributed by atoms with Crippen LogP contribution in [0, 0.1) is 0 Å². The van der Waals surface area contributed by atoms with Gasteiger partial charge in [-0.25, -0.2) is 4.79 Å². The highest BCUT2D eigenvalue weighted by Crippen LogP contribution is 2.24. The molecule has 0 aliphatic carbocycles. The topological polar surface area (TPSA) is 70.8 Å². The van der Waals surface area contributed by atoms with Crippen molar-refractivity contribution in [3.05, 3.63) is 59.0 Å². The highest BCUT2D eigenvalue weighted by molar-refractivity contribution is 5.92. The second-order valence-electron chi connectivity index (χ2n) is 4.70. The molecular weight excluding hydrogens is 258 g/mol. The van der Waals surface area contributed by atoms with Crippen LogP contribution in [-0.2, 0) is 13.0 Å². The highest BCUT2D eigenvalue weighted by Gasteiger charge is 2.25. The van der Waals surface area contributed by atoms with Gasteiger partial charge in [-0.2, -0.15) is 0 Å². The van der Waals surface area contributed by atoms with Crippen LogP contribution in [0.5, 0.6) is 0 Å². The molecule has 1 N–H and O–H groups in total. The van der Waals surface area contributed by atoms with E-state index < -0.39 is 5.97 Å². The van der Waals surface area contributed by atoms with Gasteiger partial charge in [0.1, 0.15) is 0 Å². The molecule has 3 rings (SSSR count). The molecule has 0 bridgehead atoms. The normalized spacial score (nSPS) is 13.9. The standard InChI is InChI=1S/C15H13NO4/c17-14(13-5-2-8-20-13)16-7-6-11-10(9-16)3-1-4-12(11)15(18)19/h1-5,8H,6-7,9H2,(H,18,19). The minimum atomic E-state index is -0.923. The fraction of sp³-hybridized carbons (Fsp3) is 0.200. The molecule has 0 atom stereocenters. The van der Waals surface area contributed by atoms with Gasteiger partial charge in [-0.1, -0.05) is 12.1 Å². The van der Waals surface area contributed by atoms with Crippen molar-refractivity contribution in [1.29, 1.82) is 0 Å². The van der Waals surface area contributed by atoms with E-state index in [0.717, 1.165) is 11.1 Å². The average Bonchev–Trinajstić information content (AvgIpc) is 2.99. The van der Waals surface area contributed by atoms with E-state index in [2.05, 4.69) is 0 Å². The number of hydrogen-bond donors (Lipinski definition) is 1. The van der Waals surface area contributed by atoms with E-state index in [1.54, 1.807) is 29.2 Å². The molecule has 1 amide bonds. The largest absolute Gasteiger partial charge is 0.478 e. The van der Waals surface area contributed by atoms with Crippen LogP contribution in [0.1, 0.15) is 32.0 Å². The first-order chi connectivity index (χ1) is 9.66. The number of nitrogens with zero attached hydrogens (tertiary/aromatic N) is 1. The molecule has 5 heteroatoms. The van der Waals surface area contributed by atoms with Crippen molar-refractivity contribution >= 4 is 11.9 Å². The summed E-state index contributed by atoms with van der Waals surface area (Å²) in [5.74, 6) is -0.781. The maximum Gasteiger partial charge on any atom is 0.335 e. The number of furan rings is 1. The second-order valence-corrected chi connectivity index (χ2v) is 4.70. The lowest BCUT2D eigenvalue weighted by atomic mass is 9.94. The summed E-state index contributed by atoms with van der Waals surface area (Å²) < 4.78 is 5.11. The molecule has 20 heavy (non-hydrogen) atoms. The Balaban J connectivity index is 1.88. The number of carbonyl (C=O) groups excluding carboxylic acids is 1. The number of hydrogen-bond acceptors (Lipinski definition) is 3. The average molecular weight is 271 g/mol. The first-order valence-electron chi connectivity index (χ1n) is 6.33. The number of carbonyl (C=O) groups is 2. The Hall–Kier alpha value is -2.56. The van der Waals surface area contributed by atoms with Gasteiger partial charge in [-0.05, 0) is 35.7 Å². The Morgan fingerprint density at radius 2 is 2.05 bits per heavy atom. The van der Waals surface area contributed by atoms with Crippen molar-refractivity contribution in [3.63, 3.8) is 0 Å². The van der Waals surface area contributed by atoms with Crippen LogP contribution in [-0.4, -0.2) is 28.4 Å². The zero-order valence-corrected chi connectivity index (χ0v) is 10.7. The lowest BCUT2D eigenvalue weighted by molar-refractivity contribution is 0.0691. The molecule has 1 aliphatic rings. The maximum absolute atomic E-state index is 12.2. The molecule has 0 radical (unpaired) electrons. The third kappa shape index (κ3) is 2.07. The van der Waals surface area contributed by atoms with Gasteiger partial charge in [-0.15, -0.1) is 0 Å². The van der Waals surface area contributed by atoms with Gasteiger partial charge in [0.25, 0.3) is 5.91 Å². The Labute approximate surface area is 115 Å². The van der Waals surface area contributed by atoms with Crippen molar-refractivity contribution < 1.29 is 19.1 Å². The molecule has 102 valence electrons. The number of aromatic carboxylic acids is 1. The van der Waals surface area contributed by atoms with Gasteiger partial charge in [0.2, 0.25) is 0 Å². The van der Waals surface area contributed by atoms with Crippen LogP contribution in [0.4, 0.5) is 0 Å². The van der Waals surface area contributed by atoms with E-state index >= 15 is 0 Å². The third-order valence-corrected chi connectivity index (χ3v) is 3.52. The lowest BCUT2D eigenvalue weighted by Gasteiger charge is -2.29. The fourth-order valence-electron chi connectivity index (χ4n) is 2.54. The highest BCUT2D eigenvalue weighted by atomic mass is 16.4. The van der Waals surface area contributed by atoms with Crippen LogP contribution < -0.4 is 0 Å². The monoisotopic (exact) mass is 271 g/mol. The van der Waals surface area contributed by atoms with Gasteiger partial charge in [0.05, 0.1) is 11.8 Å². The Kier molecular flexibility index (Phi) is 3.02. The van der Waals surface area contributed by atoms with Crippen LogP contribution in [0.25, 0.3) is 0 Å². The summed E-state index contributed by atoms with van der Waals surface area (Å²) in [6.07, 6.45) is 2.01. The summed E-state index contributed by atoms with van der Waals surface area (Å²) in [4.78, 5) is 25.1. The number of rotatable bonds is 2. The predicted molar refractivity (Wildman–Crippen MR) is 70.6 cm³/mol.